The molecule has 1 fully saturated rings. The number of nitrogens with one attached hydrogen (secondary N) is 1. The maximum absolute atomic E-state index is 12.5. The molecule has 1 saturated heterocycles. The zero-order valence-electron chi connectivity index (χ0n) is 20.1. The molecule has 0 spiro atoms. The maximum Gasteiger partial charge on any atom is 0.317 e. The Bertz CT molecular complexity index is 1360. The van der Waals surface area contributed by atoms with Crippen molar-refractivity contribution < 1.29 is 13.2 Å². The van der Waals surface area contributed by atoms with Crippen molar-refractivity contribution in [2.45, 2.75) is 25.4 Å². The first kappa shape index (κ1) is 23.8. The molecule has 11 nitrogen and oxygen atoms in total. The van der Waals surface area contributed by atoms with Gasteiger partial charge in [0.15, 0.2) is 5.82 Å². The lowest BCUT2D eigenvalue weighted by molar-refractivity contribution is 0.154. The average molecular weight is 501 g/mol. The first-order chi connectivity index (χ1) is 16.7. The number of hydrogen-bond donors (Lipinski definition) is 2. The van der Waals surface area contributed by atoms with E-state index in [-0.39, 0.29) is 18.6 Å². The predicted molar refractivity (Wildman–Crippen MR) is 135 cm³/mol. The molecule has 1 aromatic carbocycles. The number of nitrogens with two attached hydrogens (primary N) is 1. The Labute approximate surface area is 204 Å². The number of fused-ring (bicyclic) bond motifs is 5. The Morgan fingerprint density at radius 3 is 2.66 bits per heavy atom. The minimum atomic E-state index is -3.40. The van der Waals surface area contributed by atoms with E-state index in [1.54, 1.807) is 0 Å². The van der Waals surface area contributed by atoms with E-state index in [1.165, 1.54) is 10.6 Å². The summed E-state index contributed by atoms with van der Waals surface area (Å²) in [4.78, 5) is 25.8. The number of rotatable bonds is 5. The molecule has 0 aliphatic carbocycles. The maximum atomic E-state index is 12.5. The van der Waals surface area contributed by atoms with Crippen molar-refractivity contribution in [3.63, 3.8) is 0 Å². The van der Waals surface area contributed by atoms with Gasteiger partial charge in [-0.2, -0.15) is 4.31 Å². The zero-order chi connectivity index (χ0) is 24.7. The van der Waals surface area contributed by atoms with Gasteiger partial charge in [-0.3, -0.25) is 0 Å². The van der Waals surface area contributed by atoms with Gasteiger partial charge in [0, 0.05) is 50.7 Å². The van der Waals surface area contributed by atoms with Gasteiger partial charge in [-0.25, -0.2) is 23.2 Å². The van der Waals surface area contributed by atoms with Gasteiger partial charge >= 0.3 is 6.03 Å². The molecule has 35 heavy (non-hydrogen) atoms. The number of anilines is 1. The van der Waals surface area contributed by atoms with Crippen molar-refractivity contribution in [2.75, 3.05) is 58.3 Å². The van der Waals surface area contributed by atoms with Crippen molar-refractivity contribution in [2.24, 2.45) is 0 Å². The van der Waals surface area contributed by atoms with Crippen molar-refractivity contribution >= 4 is 43.8 Å². The van der Waals surface area contributed by atoms with Crippen LogP contribution in [-0.2, 0) is 16.6 Å². The quantitative estimate of drug-likeness (QED) is 0.504. The summed E-state index contributed by atoms with van der Waals surface area (Å²) in [6, 6.07) is 7.60. The largest absolute Gasteiger partial charge is 0.382 e. The fourth-order valence-corrected chi connectivity index (χ4v) is 5.83. The molecule has 2 aliphatic rings. The van der Waals surface area contributed by atoms with Gasteiger partial charge in [0.25, 0.3) is 0 Å². The molecule has 5 rings (SSSR count). The summed E-state index contributed by atoms with van der Waals surface area (Å²) in [5.74, 6) is 0.998. The van der Waals surface area contributed by atoms with E-state index in [0.717, 1.165) is 42.6 Å². The Hall–Kier alpha value is -2.96. The molecule has 3 N–H and O–H groups in total. The minimum absolute atomic E-state index is 0.0434. The standard InChI is InChI=1S/C23H32N8O3S/c1-28-10-12-29(13-11-28)23(32)25-9-5-6-16-14-30(35(2,33)34)15-19-27-20-21(31(16)19)17-7-3-4-8-18(17)26-22(20)24/h3-4,7-8,16H,5-6,9-15H2,1-2H3,(H2,24,26)(H,25,32)/t16-/m0/s1. The van der Waals surface area contributed by atoms with Gasteiger partial charge in [-0.05, 0) is 26.0 Å². The fourth-order valence-electron chi connectivity index (χ4n) is 5.04. The lowest BCUT2D eigenvalue weighted by Crippen LogP contribution is -2.50. The Kier molecular flexibility index (Phi) is 6.28. The first-order valence-corrected chi connectivity index (χ1v) is 13.8. The highest BCUT2D eigenvalue weighted by Gasteiger charge is 2.33. The molecular formula is C23H32N8O3S. The molecule has 2 aliphatic heterocycles. The molecule has 0 unspecified atom stereocenters. The van der Waals surface area contributed by atoms with Crippen LogP contribution >= 0.6 is 0 Å². The summed E-state index contributed by atoms with van der Waals surface area (Å²) in [7, 11) is -1.35. The Morgan fingerprint density at radius 2 is 1.91 bits per heavy atom. The number of nitrogen functional groups attached to an aromatic ring is 1. The second kappa shape index (κ2) is 9.25. The Morgan fingerprint density at radius 1 is 1.17 bits per heavy atom. The van der Waals surface area contributed by atoms with Crippen molar-refractivity contribution in [3.05, 3.63) is 30.1 Å². The lowest BCUT2D eigenvalue weighted by atomic mass is 10.1. The van der Waals surface area contributed by atoms with Crippen LogP contribution in [0.15, 0.2) is 24.3 Å². The molecule has 188 valence electrons. The number of carbonyl (C=O) groups excluding carboxylic acids is 1. The van der Waals surface area contributed by atoms with Crippen LogP contribution in [0.1, 0.15) is 24.7 Å². The van der Waals surface area contributed by atoms with Crippen LogP contribution in [0.4, 0.5) is 10.6 Å². The molecule has 1 atom stereocenters. The van der Waals surface area contributed by atoms with Crippen molar-refractivity contribution in [1.29, 1.82) is 0 Å². The average Bonchev–Trinajstić information content (AvgIpc) is 3.22. The summed E-state index contributed by atoms with van der Waals surface area (Å²) in [6.07, 6.45) is 2.62. The third-order valence-corrected chi connectivity index (χ3v) is 8.19. The number of amides is 2. The van der Waals surface area contributed by atoms with Gasteiger partial charge in [0.2, 0.25) is 10.0 Å². The molecule has 2 aromatic heterocycles. The van der Waals surface area contributed by atoms with Crippen LogP contribution in [0.3, 0.4) is 0 Å². The van der Waals surface area contributed by atoms with Gasteiger partial charge in [-0.15, -0.1) is 0 Å². The number of aromatic nitrogens is 3. The highest BCUT2D eigenvalue weighted by atomic mass is 32.2. The highest BCUT2D eigenvalue weighted by molar-refractivity contribution is 7.88. The van der Waals surface area contributed by atoms with E-state index >= 15 is 0 Å². The molecule has 2 amide bonds. The fraction of sp³-hybridized carbons (Fsp3) is 0.522. The Balaban J connectivity index is 1.39. The van der Waals surface area contributed by atoms with E-state index < -0.39 is 10.0 Å². The molecule has 0 bridgehead atoms. The number of hydrogen-bond acceptors (Lipinski definition) is 7. The second-order valence-electron chi connectivity index (χ2n) is 9.48. The van der Waals surface area contributed by atoms with Gasteiger partial charge < -0.3 is 25.4 Å². The number of para-hydroxylation sites is 1. The van der Waals surface area contributed by atoms with Gasteiger partial charge in [0.1, 0.15) is 11.3 Å². The monoisotopic (exact) mass is 500 g/mol. The topological polar surface area (TPSA) is 130 Å². The van der Waals surface area contributed by atoms with Gasteiger partial charge in [0.05, 0.1) is 23.8 Å². The summed E-state index contributed by atoms with van der Waals surface area (Å²) >= 11 is 0. The van der Waals surface area contributed by atoms with Crippen molar-refractivity contribution in [3.8, 4) is 0 Å². The summed E-state index contributed by atoms with van der Waals surface area (Å²) in [6.45, 7) is 4.26. The van der Waals surface area contributed by atoms with E-state index in [1.807, 2.05) is 29.2 Å². The number of carbonyl (C=O) groups is 1. The van der Waals surface area contributed by atoms with Crippen LogP contribution in [0, 0.1) is 0 Å². The predicted octanol–water partition coefficient (Wildman–Crippen LogP) is 1.22. The summed E-state index contributed by atoms with van der Waals surface area (Å²) < 4.78 is 28.5. The number of benzene rings is 1. The van der Waals surface area contributed by atoms with E-state index in [2.05, 4.69) is 26.8 Å². The van der Waals surface area contributed by atoms with Gasteiger partial charge in [-0.1, -0.05) is 18.2 Å². The number of pyridine rings is 1. The number of imidazole rings is 1. The van der Waals surface area contributed by atoms with Crippen LogP contribution in [-0.4, -0.2) is 95.7 Å². The third-order valence-electron chi connectivity index (χ3n) is 6.97. The number of likely N-dealkylation sites (N-methyl/N-ethyl adjacent to an activating group) is 1. The van der Waals surface area contributed by atoms with E-state index in [4.69, 9.17) is 10.7 Å². The molecule has 0 saturated carbocycles. The van der Waals surface area contributed by atoms with Crippen LogP contribution in [0.5, 0.6) is 0 Å². The van der Waals surface area contributed by atoms with Crippen molar-refractivity contribution in [1.82, 2.24) is 34.0 Å². The SMILES string of the molecule is CN1CCN(C(=O)NCCC[C@H]2CN(S(C)(=O)=O)Cc3nc4c(N)nc5ccccc5c4n32)CC1. The van der Waals surface area contributed by atoms with E-state index in [0.29, 0.717) is 43.1 Å². The summed E-state index contributed by atoms with van der Waals surface area (Å²) in [5.41, 5.74) is 8.53. The van der Waals surface area contributed by atoms with Crippen LogP contribution in [0.2, 0.25) is 0 Å². The number of piperazine rings is 1. The zero-order valence-corrected chi connectivity index (χ0v) is 21.0. The molecule has 4 heterocycles. The number of sulfonamides is 1. The van der Waals surface area contributed by atoms with Crippen LogP contribution < -0.4 is 11.1 Å². The normalized spacial score (nSPS) is 19.8. The van der Waals surface area contributed by atoms with Crippen LogP contribution in [0.25, 0.3) is 21.9 Å². The highest BCUT2D eigenvalue weighted by Crippen LogP contribution is 2.36. The summed E-state index contributed by atoms with van der Waals surface area (Å²) in [5, 5.41) is 3.97. The lowest BCUT2D eigenvalue weighted by Gasteiger charge is -2.34. The smallest absolute Gasteiger partial charge is 0.317 e. The molecular weight excluding hydrogens is 468 g/mol. The number of nitrogens with zero attached hydrogens (tertiary/aromatic N) is 6. The second-order valence-corrected chi connectivity index (χ2v) is 11.5. The molecule has 12 heteroatoms. The van der Waals surface area contributed by atoms with E-state index in [9.17, 15) is 13.2 Å². The molecule has 3 aromatic rings. The third kappa shape index (κ3) is 4.65. The minimum Gasteiger partial charge on any atom is -0.382 e. The number of urea groups is 1. The molecule has 0 radical (unpaired) electrons. The first-order valence-electron chi connectivity index (χ1n) is 11.9.